The minimum absolute atomic E-state index is 0.0650. The Bertz CT molecular complexity index is 800. The number of rotatable bonds is 8. The molecule has 3 atom stereocenters. The number of amides is 2. The monoisotopic (exact) mass is 413 g/mol. The van der Waals surface area contributed by atoms with Crippen molar-refractivity contribution in [1.29, 1.82) is 0 Å². The van der Waals surface area contributed by atoms with Crippen molar-refractivity contribution in [3.8, 4) is 0 Å². The number of likely N-dealkylation sites (tertiary alicyclic amines) is 1. The standard InChI is InChI=1S/C24H32FN3O2/c1-3-19-15-28(24(30)26-21-11-9-20(25)10-12-21)23(17-29)22(19)16-27(2)14-13-18-7-5-4-6-8-18/h4-12,19,22-23,29H,3,13-17H2,1-2H3,(H,26,30)/t19-,22-,23-/m1/s1. The summed E-state index contributed by atoms with van der Waals surface area (Å²) in [5.41, 5.74) is 1.86. The van der Waals surface area contributed by atoms with Crippen LogP contribution in [-0.4, -0.2) is 60.3 Å². The molecule has 0 aromatic heterocycles. The molecule has 2 amide bonds. The van der Waals surface area contributed by atoms with Gasteiger partial charge in [-0.2, -0.15) is 0 Å². The third kappa shape index (κ3) is 5.58. The second kappa shape index (κ2) is 10.5. The number of aliphatic hydroxyl groups is 1. The van der Waals surface area contributed by atoms with E-state index in [9.17, 15) is 14.3 Å². The van der Waals surface area contributed by atoms with Crippen LogP contribution in [0.4, 0.5) is 14.9 Å². The van der Waals surface area contributed by atoms with Crippen LogP contribution in [0.5, 0.6) is 0 Å². The van der Waals surface area contributed by atoms with E-state index in [0.29, 0.717) is 18.2 Å². The number of hydrogen-bond acceptors (Lipinski definition) is 3. The lowest BCUT2D eigenvalue weighted by molar-refractivity contribution is 0.131. The minimum atomic E-state index is -0.341. The number of carbonyl (C=O) groups excluding carboxylic acids is 1. The van der Waals surface area contributed by atoms with Crippen LogP contribution in [-0.2, 0) is 6.42 Å². The first-order valence-electron chi connectivity index (χ1n) is 10.7. The number of nitrogens with one attached hydrogen (secondary N) is 1. The number of halogens is 1. The number of benzene rings is 2. The molecule has 30 heavy (non-hydrogen) atoms. The molecule has 0 unspecified atom stereocenters. The molecule has 1 aliphatic rings. The lowest BCUT2D eigenvalue weighted by Gasteiger charge is -2.30. The molecule has 3 rings (SSSR count). The van der Waals surface area contributed by atoms with Gasteiger partial charge in [0, 0.05) is 25.3 Å². The number of aliphatic hydroxyl groups excluding tert-OH is 1. The highest BCUT2D eigenvalue weighted by molar-refractivity contribution is 5.89. The van der Waals surface area contributed by atoms with Crippen LogP contribution in [0.15, 0.2) is 54.6 Å². The van der Waals surface area contributed by atoms with E-state index >= 15 is 0 Å². The van der Waals surface area contributed by atoms with E-state index in [4.69, 9.17) is 0 Å². The molecule has 1 aliphatic heterocycles. The molecule has 2 aromatic rings. The number of anilines is 1. The highest BCUT2D eigenvalue weighted by atomic mass is 19.1. The average Bonchev–Trinajstić information content (AvgIpc) is 3.12. The lowest BCUT2D eigenvalue weighted by atomic mass is 9.88. The van der Waals surface area contributed by atoms with E-state index in [1.807, 2.05) is 6.07 Å². The van der Waals surface area contributed by atoms with Crippen molar-refractivity contribution < 1.29 is 14.3 Å². The van der Waals surface area contributed by atoms with Crippen molar-refractivity contribution in [2.75, 3.05) is 38.6 Å². The molecule has 0 saturated carbocycles. The molecule has 1 heterocycles. The van der Waals surface area contributed by atoms with E-state index in [2.05, 4.69) is 48.5 Å². The van der Waals surface area contributed by atoms with E-state index in [-0.39, 0.29) is 30.4 Å². The maximum Gasteiger partial charge on any atom is 0.322 e. The zero-order chi connectivity index (χ0) is 21.5. The molecule has 5 nitrogen and oxygen atoms in total. The summed E-state index contributed by atoms with van der Waals surface area (Å²) in [6.07, 6.45) is 1.92. The number of carbonyl (C=O) groups is 1. The van der Waals surface area contributed by atoms with E-state index in [1.165, 1.54) is 17.7 Å². The van der Waals surface area contributed by atoms with E-state index in [1.54, 1.807) is 17.0 Å². The van der Waals surface area contributed by atoms with Gasteiger partial charge in [-0.05, 0) is 55.1 Å². The molecule has 0 spiro atoms. The Labute approximate surface area is 178 Å². The summed E-state index contributed by atoms with van der Waals surface area (Å²) in [4.78, 5) is 16.9. The van der Waals surface area contributed by atoms with Gasteiger partial charge < -0.3 is 20.2 Å². The number of urea groups is 1. The molecule has 6 heteroatoms. The van der Waals surface area contributed by atoms with Crippen LogP contribution in [0.1, 0.15) is 18.9 Å². The Morgan fingerprint density at radius 1 is 1.20 bits per heavy atom. The molecule has 0 bridgehead atoms. The fourth-order valence-electron chi connectivity index (χ4n) is 4.38. The van der Waals surface area contributed by atoms with Crippen molar-refractivity contribution in [2.24, 2.45) is 11.8 Å². The summed E-state index contributed by atoms with van der Waals surface area (Å²) in [7, 11) is 2.10. The summed E-state index contributed by atoms with van der Waals surface area (Å²) in [5.74, 6) is 0.201. The van der Waals surface area contributed by atoms with Crippen molar-refractivity contribution in [2.45, 2.75) is 25.8 Å². The SMILES string of the molecule is CC[C@@H]1CN(C(=O)Nc2ccc(F)cc2)[C@H](CO)[C@@H]1CN(C)CCc1ccccc1. The molecule has 2 aromatic carbocycles. The number of nitrogens with zero attached hydrogens (tertiary/aromatic N) is 2. The van der Waals surface area contributed by atoms with Crippen LogP contribution in [0.25, 0.3) is 0 Å². The topological polar surface area (TPSA) is 55.8 Å². The number of likely N-dealkylation sites (N-methyl/N-ethyl adjacent to an activating group) is 1. The normalized spacial score (nSPS) is 21.2. The predicted octanol–water partition coefficient (Wildman–Crippen LogP) is 3.85. The zero-order valence-electron chi connectivity index (χ0n) is 17.8. The molecular formula is C24H32FN3O2. The smallest absolute Gasteiger partial charge is 0.322 e. The number of hydrogen-bond donors (Lipinski definition) is 2. The van der Waals surface area contributed by atoms with Crippen LogP contribution >= 0.6 is 0 Å². The molecule has 1 fully saturated rings. The second-order valence-electron chi connectivity index (χ2n) is 8.17. The molecule has 2 N–H and O–H groups in total. The third-order valence-electron chi connectivity index (χ3n) is 6.15. The fraction of sp³-hybridized carbons (Fsp3) is 0.458. The first kappa shape index (κ1) is 22.2. The summed E-state index contributed by atoms with van der Waals surface area (Å²) in [6.45, 7) is 4.45. The van der Waals surface area contributed by atoms with Crippen LogP contribution < -0.4 is 5.32 Å². The van der Waals surface area contributed by atoms with Gasteiger partial charge in [0.1, 0.15) is 5.82 Å². The van der Waals surface area contributed by atoms with E-state index < -0.39 is 0 Å². The van der Waals surface area contributed by atoms with Gasteiger partial charge in [-0.3, -0.25) is 0 Å². The summed E-state index contributed by atoms with van der Waals surface area (Å²) < 4.78 is 13.1. The highest BCUT2D eigenvalue weighted by Gasteiger charge is 2.43. The Balaban J connectivity index is 1.62. The third-order valence-corrected chi connectivity index (χ3v) is 6.15. The lowest BCUT2D eigenvalue weighted by Crippen LogP contribution is -2.45. The molecule has 0 aliphatic carbocycles. The van der Waals surface area contributed by atoms with Crippen LogP contribution in [0.2, 0.25) is 0 Å². The van der Waals surface area contributed by atoms with Gasteiger partial charge in [0.05, 0.1) is 12.6 Å². The first-order chi connectivity index (χ1) is 14.5. The fourth-order valence-corrected chi connectivity index (χ4v) is 4.38. The van der Waals surface area contributed by atoms with Crippen molar-refractivity contribution in [1.82, 2.24) is 9.80 Å². The average molecular weight is 414 g/mol. The van der Waals surface area contributed by atoms with Crippen molar-refractivity contribution in [3.63, 3.8) is 0 Å². The first-order valence-corrected chi connectivity index (χ1v) is 10.7. The zero-order valence-corrected chi connectivity index (χ0v) is 17.8. The maximum atomic E-state index is 13.1. The van der Waals surface area contributed by atoms with Crippen molar-refractivity contribution >= 4 is 11.7 Å². The van der Waals surface area contributed by atoms with Gasteiger partial charge in [-0.25, -0.2) is 9.18 Å². The Morgan fingerprint density at radius 3 is 2.53 bits per heavy atom. The largest absolute Gasteiger partial charge is 0.394 e. The van der Waals surface area contributed by atoms with Gasteiger partial charge >= 0.3 is 6.03 Å². The molecule has 162 valence electrons. The quantitative estimate of drug-likeness (QED) is 0.691. The van der Waals surface area contributed by atoms with Gasteiger partial charge in [-0.1, -0.05) is 43.7 Å². The maximum absolute atomic E-state index is 13.1. The van der Waals surface area contributed by atoms with Crippen LogP contribution in [0.3, 0.4) is 0 Å². The summed E-state index contributed by atoms with van der Waals surface area (Å²) in [6, 6.07) is 15.7. The molecular weight excluding hydrogens is 381 g/mol. The van der Waals surface area contributed by atoms with E-state index in [0.717, 1.165) is 25.9 Å². The summed E-state index contributed by atoms with van der Waals surface area (Å²) in [5, 5.41) is 12.9. The summed E-state index contributed by atoms with van der Waals surface area (Å²) >= 11 is 0. The molecule has 0 radical (unpaired) electrons. The Morgan fingerprint density at radius 2 is 1.90 bits per heavy atom. The van der Waals surface area contributed by atoms with Gasteiger partial charge in [0.25, 0.3) is 0 Å². The second-order valence-corrected chi connectivity index (χ2v) is 8.17. The van der Waals surface area contributed by atoms with Gasteiger partial charge in [0.15, 0.2) is 0 Å². The van der Waals surface area contributed by atoms with Crippen molar-refractivity contribution in [3.05, 3.63) is 66.0 Å². The Hall–Kier alpha value is -2.44. The minimum Gasteiger partial charge on any atom is -0.394 e. The molecule has 1 saturated heterocycles. The highest BCUT2D eigenvalue weighted by Crippen LogP contribution is 2.33. The van der Waals surface area contributed by atoms with Gasteiger partial charge in [0.2, 0.25) is 0 Å². The van der Waals surface area contributed by atoms with Gasteiger partial charge in [-0.15, -0.1) is 0 Å². The van der Waals surface area contributed by atoms with Crippen LogP contribution in [0, 0.1) is 17.7 Å². The predicted molar refractivity (Wildman–Crippen MR) is 118 cm³/mol. The Kier molecular flexibility index (Phi) is 7.82.